The Labute approximate surface area is 118 Å². The van der Waals surface area contributed by atoms with Crippen LogP contribution in [0.15, 0.2) is 12.1 Å². The van der Waals surface area contributed by atoms with Crippen LogP contribution in [0.1, 0.15) is 58.2 Å². The second-order valence-electron chi connectivity index (χ2n) is 6.53. The zero-order valence-corrected chi connectivity index (χ0v) is 15.0. The van der Waals surface area contributed by atoms with Gasteiger partial charge in [-0.15, -0.1) is 0 Å². The van der Waals surface area contributed by atoms with Gasteiger partial charge in [0.05, 0.1) is 0 Å². The van der Waals surface area contributed by atoms with Crippen molar-refractivity contribution in [1.82, 2.24) is 0 Å². The fourth-order valence-corrected chi connectivity index (χ4v) is 1.70. The van der Waals surface area contributed by atoms with E-state index in [9.17, 15) is 5.11 Å². The molecule has 1 aromatic carbocycles. The summed E-state index contributed by atoms with van der Waals surface area (Å²) in [7, 11) is 0. The Morgan fingerprint density at radius 2 is 1.41 bits per heavy atom. The Hall–Kier alpha value is -0.487. The fraction of sp³-hybridized carbons (Fsp3) is 0.533. The Kier molecular flexibility index (Phi) is 4.88. The van der Waals surface area contributed by atoms with Crippen molar-refractivity contribution in [2.24, 2.45) is 0 Å². The van der Waals surface area contributed by atoms with Crippen molar-refractivity contribution in [2.45, 2.75) is 52.4 Å². The third-order valence-corrected chi connectivity index (χ3v) is 2.86. The molecule has 1 nitrogen and oxygen atoms in total. The van der Waals surface area contributed by atoms with Gasteiger partial charge in [0.25, 0.3) is 0 Å². The second-order valence-corrected chi connectivity index (χ2v) is 6.53. The molecule has 92 valence electrons. The molecular formula is C15H23OZn-. The number of hydrogen-bond acceptors (Lipinski definition) is 1. The van der Waals surface area contributed by atoms with Crippen LogP contribution in [-0.2, 0) is 30.3 Å². The van der Waals surface area contributed by atoms with Crippen LogP contribution in [0, 0.1) is 6.92 Å². The van der Waals surface area contributed by atoms with Gasteiger partial charge >= 0.3 is 0 Å². The van der Waals surface area contributed by atoms with Crippen molar-refractivity contribution in [3.63, 3.8) is 0 Å². The van der Waals surface area contributed by atoms with Gasteiger partial charge in [-0.1, -0.05) is 58.7 Å². The molecule has 0 aromatic heterocycles. The predicted octanol–water partition coefficient (Wildman–Crippen LogP) is 4.17. The summed E-state index contributed by atoms with van der Waals surface area (Å²) in [6.45, 7) is 16.7. The van der Waals surface area contributed by atoms with E-state index in [0.29, 0.717) is 5.75 Å². The largest absolute Gasteiger partial charge is 0.565 e. The zero-order chi connectivity index (χ0) is 12.7. The van der Waals surface area contributed by atoms with Crippen molar-refractivity contribution >= 4 is 0 Å². The third-order valence-electron chi connectivity index (χ3n) is 2.86. The van der Waals surface area contributed by atoms with Crippen molar-refractivity contribution in [3.8, 4) is 5.75 Å². The van der Waals surface area contributed by atoms with Crippen LogP contribution in [0.2, 0.25) is 0 Å². The second kappa shape index (κ2) is 5.02. The van der Waals surface area contributed by atoms with E-state index in [-0.39, 0.29) is 30.3 Å². The van der Waals surface area contributed by atoms with Crippen LogP contribution in [0.4, 0.5) is 0 Å². The van der Waals surface area contributed by atoms with Gasteiger partial charge in [0.2, 0.25) is 0 Å². The summed E-state index contributed by atoms with van der Waals surface area (Å²) in [5.41, 5.74) is 2.94. The number of hydrogen-bond donors (Lipinski definition) is 1. The first-order valence-corrected chi connectivity index (χ1v) is 5.73. The average Bonchev–Trinajstić information content (AvgIpc) is 2.05. The monoisotopic (exact) mass is 283 g/mol. The fourth-order valence-electron chi connectivity index (χ4n) is 1.70. The van der Waals surface area contributed by atoms with Crippen molar-refractivity contribution in [3.05, 3.63) is 35.7 Å². The molecule has 0 radical (unpaired) electrons. The van der Waals surface area contributed by atoms with Crippen LogP contribution < -0.4 is 0 Å². The van der Waals surface area contributed by atoms with Crippen molar-refractivity contribution < 1.29 is 24.6 Å². The van der Waals surface area contributed by atoms with Gasteiger partial charge in [0.15, 0.2) is 0 Å². The SMILES string of the molecule is [CH2-]c1cc(C(C)(C)C)cc(C(C)(C)C)c1O.[Zn]. The maximum atomic E-state index is 10.1. The molecule has 1 N–H and O–H groups in total. The molecule has 0 heterocycles. The first-order valence-electron chi connectivity index (χ1n) is 5.73. The van der Waals surface area contributed by atoms with Crippen molar-refractivity contribution in [2.75, 3.05) is 0 Å². The Bertz CT molecular complexity index is 395. The van der Waals surface area contributed by atoms with Gasteiger partial charge < -0.3 is 5.11 Å². The van der Waals surface area contributed by atoms with Crippen molar-refractivity contribution in [1.29, 1.82) is 0 Å². The first kappa shape index (κ1) is 16.5. The third kappa shape index (κ3) is 3.74. The van der Waals surface area contributed by atoms with Crippen LogP contribution in [-0.4, -0.2) is 5.11 Å². The summed E-state index contributed by atoms with van der Waals surface area (Å²) in [4.78, 5) is 0. The van der Waals surface area contributed by atoms with Gasteiger partial charge in [-0.25, -0.2) is 0 Å². The quantitative estimate of drug-likeness (QED) is 0.560. The molecule has 0 atom stereocenters. The van der Waals surface area contributed by atoms with E-state index in [1.165, 1.54) is 5.56 Å². The van der Waals surface area contributed by atoms with E-state index >= 15 is 0 Å². The maximum absolute atomic E-state index is 10.1. The molecule has 17 heavy (non-hydrogen) atoms. The predicted molar refractivity (Wildman–Crippen MR) is 70.0 cm³/mol. The van der Waals surface area contributed by atoms with E-state index in [1.54, 1.807) is 0 Å². The molecule has 1 rings (SSSR count). The van der Waals surface area contributed by atoms with Gasteiger partial charge in [-0.2, -0.15) is 18.6 Å². The summed E-state index contributed by atoms with van der Waals surface area (Å²) in [6.07, 6.45) is 0. The topological polar surface area (TPSA) is 20.2 Å². The molecule has 0 aliphatic heterocycles. The minimum absolute atomic E-state index is 0. The van der Waals surface area contributed by atoms with Crippen LogP contribution in [0.5, 0.6) is 5.75 Å². The smallest absolute Gasteiger partial charge is 0.0140 e. The molecule has 0 fully saturated rings. The summed E-state index contributed by atoms with van der Waals surface area (Å²) in [5.74, 6) is 0.334. The molecule has 0 amide bonds. The van der Waals surface area contributed by atoms with E-state index in [0.717, 1.165) is 11.1 Å². The number of aromatic hydroxyl groups is 1. The average molecular weight is 285 g/mol. The summed E-state index contributed by atoms with van der Waals surface area (Å²) in [5, 5.41) is 10.1. The van der Waals surface area contributed by atoms with Gasteiger partial charge in [-0.3, -0.25) is 0 Å². The van der Waals surface area contributed by atoms with Gasteiger partial charge in [0, 0.05) is 25.2 Å². The maximum Gasteiger partial charge on any atom is 0.0140 e. The Morgan fingerprint density at radius 1 is 0.941 bits per heavy atom. The number of phenols is 1. The van der Waals surface area contributed by atoms with Crippen LogP contribution in [0.25, 0.3) is 0 Å². The van der Waals surface area contributed by atoms with Crippen LogP contribution >= 0.6 is 0 Å². The standard InChI is InChI=1S/C15H23O.Zn/c1-10-8-11(14(2,3)4)9-12(13(10)16)15(5,6)7;/h8-9,16H,1H2,2-7H3;/q-1;. The number of rotatable bonds is 0. The van der Waals surface area contributed by atoms with E-state index in [4.69, 9.17) is 0 Å². The van der Waals surface area contributed by atoms with Gasteiger partial charge in [-0.05, 0) is 10.8 Å². The zero-order valence-electron chi connectivity index (χ0n) is 12.0. The summed E-state index contributed by atoms with van der Waals surface area (Å²) >= 11 is 0. The summed E-state index contributed by atoms with van der Waals surface area (Å²) in [6, 6.07) is 4.08. The minimum Gasteiger partial charge on any atom is -0.565 e. The van der Waals surface area contributed by atoms with Gasteiger partial charge in [0.1, 0.15) is 0 Å². The molecule has 0 aliphatic carbocycles. The number of benzene rings is 1. The molecular weight excluding hydrogens is 262 g/mol. The molecule has 0 saturated carbocycles. The molecule has 0 spiro atoms. The van der Waals surface area contributed by atoms with E-state index in [1.807, 2.05) is 6.07 Å². The minimum atomic E-state index is -0.0578. The number of phenolic OH excluding ortho intramolecular Hbond substituents is 1. The first-order chi connectivity index (χ1) is 7.03. The Balaban J connectivity index is 0.00000256. The van der Waals surface area contributed by atoms with E-state index < -0.39 is 0 Å². The molecule has 0 unspecified atom stereocenters. The molecule has 2 heteroatoms. The molecule has 1 aromatic rings. The normalized spacial score (nSPS) is 12.1. The van der Waals surface area contributed by atoms with Crippen LogP contribution in [0.3, 0.4) is 0 Å². The molecule has 0 saturated heterocycles. The molecule has 0 bridgehead atoms. The Morgan fingerprint density at radius 3 is 1.76 bits per heavy atom. The van der Waals surface area contributed by atoms with E-state index in [2.05, 4.69) is 54.5 Å². The summed E-state index contributed by atoms with van der Waals surface area (Å²) < 4.78 is 0. The molecule has 0 aliphatic rings.